The van der Waals surface area contributed by atoms with Crippen LogP contribution in [-0.4, -0.2) is 60.6 Å². The van der Waals surface area contributed by atoms with E-state index in [2.05, 4.69) is 10.3 Å². The fourth-order valence-corrected chi connectivity index (χ4v) is 4.24. The minimum atomic E-state index is 0.0352. The third kappa shape index (κ3) is 5.17. The van der Waals surface area contributed by atoms with Crippen LogP contribution >= 0.6 is 11.3 Å². The van der Waals surface area contributed by atoms with E-state index in [4.69, 9.17) is 14.5 Å². The van der Waals surface area contributed by atoms with Crippen LogP contribution in [0.5, 0.6) is 11.5 Å². The van der Waals surface area contributed by atoms with E-state index in [1.165, 1.54) is 0 Å². The highest BCUT2D eigenvalue weighted by Gasteiger charge is 2.22. The highest BCUT2D eigenvalue weighted by molar-refractivity contribution is 7.09. The van der Waals surface area contributed by atoms with Crippen LogP contribution in [0.1, 0.15) is 5.01 Å². The molecule has 1 saturated heterocycles. The Labute approximate surface area is 180 Å². The predicted molar refractivity (Wildman–Crippen MR) is 118 cm³/mol. The van der Waals surface area contributed by atoms with Crippen molar-refractivity contribution < 1.29 is 14.3 Å². The van der Waals surface area contributed by atoms with E-state index >= 15 is 0 Å². The van der Waals surface area contributed by atoms with Crippen LogP contribution in [0.15, 0.2) is 60.0 Å². The highest BCUT2D eigenvalue weighted by Crippen LogP contribution is 2.26. The lowest BCUT2D eigenvalue weighted by Crippen LogP contribution is -2.49. The van der Waals surface area contributed by atoms with Gasteiger partial charge < -0.3 is 14.4 Å². The van der Waals surface area contributed by atoms with E-state index in [1.54, 1.807) is 18.4 Å². The summed E-state index contributed by atoms with van der Waals surface area (Å²) in [4.78, 5) is 21.4. The summed E-state index contributed by atoms with van der Waals surface area (Å²) in [7, 11) is 1.67. The van der Waals surface area contributed by atoms with Gasteiger partial charge in [-0.1, -0.05) is 30.3 Å². The molecule has 0 unspecified atom stereocenters. The first-order valence-corrected chi connectivity index (χ1v) is 10.9. The molecular weight excluding hydrogens is 398 g/mol. The van der Waals surface area contributed by atoms with E-state index in [0.29, 0.717) is 13.1 Å². The van der Waals surface area contributed by atoms with Crippen LogP contribution in [0, 0.1) is 0 Å². The molecular formula is C23H25N3O3S. The molecule has 0 aliphatic carbocycles. The van der Waals surface area contributed by atoms with E-state index < -0.39 is 0 Å². The van der Waals surface area contributed by atoms with Gasteiger partial charge in [0.05, 0.1) is 19.3 Å². The second-order valence-electron chi connectivity index (χ2n) is 7.12. The van der Waals surface area contributed by atoms with Crippen molar-refractivity contribution in [3.05, 3.63) is 65.0 Å². The van der Waals surface area contributed by atoms with Gasteiger partial charge in [-0.05, 0) is 24.3 Å². The number of carbonyl (C=O) groups excluding carboxylic acids is 1. The third-order valence-electron chi connectivity index (χ3n) is 5.11. The summed E-state index contributed by atoms with van der Waals surface area (Å²) < 4.78 is 10.9. The molecule has 2 heterocycles. The zero-order chi connectivity index (χ0) is 20.8. The van der Waals surface area contributed by atoms with Crippen LogP contribution < -0.4 is 9.47 Å². The van der Waals surface area contributed by atoms with E-state index in [0.717, 1.165) is 47.4 Å². The molecule has 30 heavy (non-hydrogen) atoms. The van der Waals surface area contributed by atoms with Crippen molar-refractivity contribution in [2.45, 2.75) is 6.54 Å². The first-order chi connectivity index (χ1) is 14.7. The molecule has 1 aliphatic rings. The quantitative estimate of drug-likeness (QED) is 0.582. The van der Waals surface area contributed by atoms with Crippen LogP contribution in [0.4, 0.5) is 0 Å². The van der Waals surface area contributed by atoms with Gasteiger partial charge in [0, 0.05) is 37.1 Å². The summed E-state index contributed by atoms with van der Waals surface area (Å²) in [6.07, 6.45) is 0. The molecule has 1 aromatic heterocycles. The fraction of sp³-hybridized carbons (Fsp3) is 0.304. The number of thiazole rings is 1. The molecule has 2 aromatic carbocycles. The van der Waals surface area contributed by atoms with Crippen molar-refractivity contribution in [1.29, 1.82) is 0 Å². The second kappa shape index (κ2) is 9.73. The Kier molecular flexibility index (Phi) is 6.61. The van der Waals surface area contributed by atoms with Crippen LogP contribution in [0.3, 0.4) is 0 Å². The number of benzene rings is 2. The second-order valence-corrected chi connectivity index (χ2v) is 8.06. The molecule has 7 heteroatoms. The van der Waals surface area contributed by atoms with E-state index in [-0.39, 0.29) is 12.5 Å². The lowest BCUT2D eigenvalue weighted by Gasteiger charge is -2.34. The standard InChI is InChI=1S/C23H25N3O3S/c1-28-20-9-5-6-18(14-20)21-17-30-22(24-21)15-25-10-12-26(13-11-25)23(27)16-29-19-7-3-2-4-8-19/h2-9,14,17H,10-13,15-16H2,1H3. The topological polar surface area (TPSA) is 54.9 Å². The number of rotatable bonds is 7. The van der Waals surface area contributed by atoms with Crippen LogP contribution in [-0.2, 0) is 11.3 Å². The van der Waals surface area contributed by atoms with Gasteiger partial charge in [-0.15, -0.1) is 11.3 Å². The number of hydrogen-bond acceptors (Lipinski definition) is 6. The number of aromatic nitrogens is 1. The third-order valence-corrected chi connectivity index (χ3v) is 5.94. The van der Waals surface area contributed by atoms with Gasteiger partial charge in [-0.3, -0.25) is 9.69 Å². The molecule has 0 N–H and O–H groups in total. The molecule has 0 saturated carbocycles. The molecule has 3 aromatic rings. The van der Waals surface area contributed by atoms with Crippen molar-refractivity contribution >= 4 is 17.2 Å². The molecule has 0 radical (unpaired) electrons. The summed E-state index contributed by atoms with van der Waals surface area (Å²) in [5, 5.41) is 3.17. The Hall–Kier alpha value is -2.90. The Bertz CT molecular complexity index is 969. The minimum Gasteiger partial charge on any atom is -0.497 e. The Balaban J connectivity index is 1.26. The average molecular weight is 424 g/mol. The molecule has 1 fully saturated rings. The lowest BCUT2D eigenvalue weighted by atomic mass is 10.2. The van der Waals surface area contributed by atoms with Gasteiger partial charge in [0.1, 0.15) is 16.5 Å². The number of amides is 1. The summed E-state index contributed by atoms with van der Waals surface area (Å²) in [5.41, 5.74) is 2.03. The monoisotopic (exact) mass is 423 g/mol. The number of piperazine rings is 1. The van der Waals surface area contributed by atoms with E-state index in [1.807, 2.05) is 59.5 Å². The summed E-state index contributed by atoms with van der Waals surface area (Å²) in [6, 6.07) is 17.4. The highest BCUT2D eigenvalue weighted by atomic mass is 32.1. The Morgan fingerprint density at radius 1 is 1.03 bits per heavy atom. The maximum atomic E-state index is 12.4. The first-order valence-electron chi connectivity index (χ1n) is 9.98. The number of nitrogens with zero attached hydrogens (tertiary/aromatic N) is 3. The Morgan fingerprint density at radius 2 is 1.80 bits per heavy atom. The molecule has 0 spiro atoms. The first kappa shape index (κ1) is 20.4. The number of carbonyl (C=O) groups is 1. The molecule has 6 nitrogen and oxygen atoms in total. The van der Waals surface area contributed by atoms with Crippen LogP contribution in [0.2, 0.25) is 0 Å². The van der Waals surface area contributed by atoms with Crippen molar-refractivity contribution in [2.75, 3.05) is 39.9 Å². The van der Waals surface area contributed by atoms with E-state index in [9.17, 15) is 4.79 Å². The van der Waals surface area contributed by atoms with Crippen LogP contribution in [0.25, 0.3) is 11.3 Å². The number of methoxy groups -OCH3 is 1. The zero-order valence-corrected chi connectivity index (χ0v) is 17.8. The number of para-hydroxylation sites is 1. The predicted octanol–water partition coefficient (Wildman–Crippen LogP) is 3.54. The minimum absolute atomic E-state index is 0.0352. The molecule has 0 bridgehead atoms. The molecule has 1 aliphatic heterocycles. The largest absolute Gasteiger partial charge is 0.497 e. The Morgan fingerprint density at radius 3 is 2.57 bits per heavy atom. The average Bonchev–Trinajstić information content (AvgIpc) is 3.27. The summed E-state index contributed by atoms with van der Waals surface area (Å²) in [5.74, 6) is 1.59. The van der Waals surface area contributed by atoms with Gasteiger partial charge >= 0.3 is 0 Å². The van der Waals surface area contributed by atoms with Crippen molar-refractivity contribution in [3.63, 3.8) is 0 Å². The normalized spacial score (nSPS) is 14.5. The van der Waals surface area contributed by atoms with Gasteiger partial charge in [-0.25, -0.2) is 4.98 Å². The zero-order valence-electron chi connectivity index (χ0n) is 17.0. The van der Waals surface area contributed by atoms with Crippen molar-refractivity contribution in [2.24, 2.45) is 0 Å². The summed E-state index contributed by atoms with van der Waals surface area (Å²) in [6.45, 7) is 3.99. The molecule has 1 amide bonds. The van der Waals surface area contributed by atoms with Gasteiger partial charge in [0.2, 0.25) is 0 Å². The molecule has 0 atom stereocenters. The number of ether oxygens (including phenoxy) is 2. The van der Waals surface area contributed by atoms with Gasteiger partial charge in [0.15, 0.2) is 6.61 Å². The van der Waals surface area contributed by atoms with Gasteiger partial charge in [0.25, 0.3) is 5.91 Å². The molecule has 4 rings (SSSR count). The maximum absolute atomic E-state index is 12.4. The summed E-state index contributed by atoms with van der Waals surface area (Å²) >= 11 is 1.67. The van der Waals surface area contributed by atoms with Gasteiger partial charge in [-0.2, -0.15) is 0 Å². The van der Waals surface area contributed by atoms with Crippen molar-refractivity contribution in [1.82, 2.24) is 14.8 Å². The number of hydrogen-bond donors (Lipinski definition) is 0. The fourth-order valence-electron chi connectivity index (χ4n) is 3.40. The molecule has 156 valence electrons. The smallest absolute Gasteiger partial charge is 0.260 e. The van der Waals surface area contributed by atoms with Crippen molar-refractivity contribution in [3.8, 4) is 22.8 Å². The lowest BCUT2D eigenvalue weighted by molar-refractivity contribution is -0.135. The SMILES string of the molecule is COc1cccc(-c2csc(CN3CCN(C(=O)COc4ccccc4)CC3)n2)c1. The maximum Gasteiger partial charge on any atom is 0.260 e.